The molecule has 0 fully saturated rings. The Balaban J connectivity index is 1.90. The van der Waals surface area contributed by atoms with E-state index >= 15 is 0 Å². The molecule has 0 spiro atoms. The van der Waals surface area contributed by atoms with Crippen molar-refractivity contribution in [2.45, 2.75) is 25.4 Å². The van der Waals surface area contributed by atoms with Crippen LogP contribution in [-0.4, -0.2) is 16.8 Å². The fourth-order valence-corrected chi connectivity index (χ4v) is 2.92. The third-order valence-corrected chi connectivity index (χ3v) is 4.39. The van der Waals surface area contributed by atoms with Crippen LogP contribution in [0.4, 0.5) is 5.69 Å². The molecule has 23 heavy (non-hydrogen) atoms. The van der Waals surface area contributed by atoms with Crippen LogP contribution in [0.2, 0.25) is 5.02 Å². The second kappa shape index (κ2) is 5.80. The highest BCUT2D eigenvalue weighted by atomic mass is 35.5. The molecule has 118 valence electrons. The number of benzene rings is 2. The van der Waals surface area contributed by atoms with Crippen LogP contribution in [0.15, 0.2) is 42.5 Å². The number of Topliss-reactive ketones (excluding diaryl/α,β-unsaturated/α-hetero) is 1. The number of halogens is 1. The molecule has 1 heterocycles. The number of anilines is 1. The molecule has 0 bridgehead atoms. The van der Waals surface area contributed by atoms with E-state index in [1.807, 2.05) is 19.1 Å². The van der Waals surface area contributed by atoms with Crippen molar-refractivity contribution < 1.29 is 14.7 Å². The van der Waals surface area contributed by atoms with Gasteiger partial charge in [-0.15, -0.1) is 0 Å². The van der Waals surface area contributed by atoms with E-state index in [0.29, 0.717) is 21.8 Å². The summed E-state index contributed by atoms with van der Waals surface area (Å²) in [6, 6.07) is 11.9. The minimum absolute atomic E-state index is 0.293. The second-order valence-corrected chi connectivity index (χ2v) is 6.09. The molecule has 0 aromatic heterocycles. The van der Waals surface area contributed by atoms with Gasteiger partial charge < -0.3 is 10.4 Å². The minimum atomic E-state index is -1.89. The minimum Gasteiger partial charge on any atom is -0.375 e. The highest BCUT2D eigenvalue weighted by molar-refractivity contribution is 6.31. The lowest BCUT2D eigenvalue weighted by molar-refractivity contribution is -0.133. The monoisotopic (exact) mass is 329 g/mol. The first-order chi connectivity index (χ1) is 10.9. The first-order valence-corrected chi connectivity index (χ1v) is 7.78. The van der Waals surface area contributed by atoms with Gasteiger partial charge in [-0.05, 0) is 30.2 Å². The van der Waals surface area contributed by atoms with E-state index in [4.69, 9.17) is 11.6 Å². The van der Waals surface area contributed by atoms with Gasteiger partial charge in [0.05, 0.1) is 6.42 Å². The molecule has 1 aliphatic rings. The molecular weight excluding hydrogens is 314 g/mol. The maximum absolute atomic E-state index is 12.5. The maximum atomic E-state index is 12.5. The molecule has 4 nitrogen and oxygen atoms in total. The molecule has 2 aromatic rings. The highest BCUT2D eigenvalue weighted by Gasteiger charge is 2.46. The maximum Gasteiger partial charge on any atom is 0.261 e. The third kappa shape index (κ3) is 2.76. The molecule has 1 amide bonds. The Labute approximate surface area is 139 Å². The van der Waals surface area contributed by atoms with E-state index in [-0.39, 0.29) is 12.2 Å². The number of amides is 1. The molecule has 0 aliphatic carbocycles. The molecule has 0 saturated carbocycles. The summed E-state index contributed by atoms with van der Waals surface area (Å²) in [6.45, 7) is 2.03. The van der Waals surface area contributed by atoms with Gasteiger partial charge >= 0.3 is 0 Å². The van der Waals surface area contributed by atoms with Crippen LogP contribution < -0.4 is 5.32 Å². The van der Waals surface area contributed by atoms with Crippen molar-refractivity contribution in [3.63, 3.8) is 0 Å². The number of ketones is 1. The van der Waals surface area contributed by atoms with Gasteiger partial charge in [0.1, 0.15) is 0 Å². The zero-order valence-electron chi connectivity index (χ0n) is 12.6. The lowest BCUT2D eigenvalue weighted by Gasteiger charge is -2.20. The van der Waals surface area contributed by atoms with Crippen molar-refractivity contribution in [3.8, 4) is 0 Å². The van der Waals surface area contributed by atoms with Gasteiger partial charge in [-0.1, -0.05) is 42.8 Å². The van der Waals surface area contributed by atoms with Crippen molar-refractivity contribution in [3.05, 3.63) is 64.2 Å². The van der Waals surface area contributed by atoms with Gasteiger partial charge in [0.2, 0.25) is 0 Å². The molecular formula is C18H16ClNO3. The summed E-state index contributed by atoms with van der Waals surface area (Å²) in [6.07, 6.45) is 0.560. The van der Waals surface area contributed by atoms with Crippen molar-refractivity contribution in [1.29, 1.82) is 0 Å². The number of carbonyl (C=O) groups excluding carboxylic acids is 2. The summed E-state index contributed by atoms with van der Waals surface area (Å²) in [7, 11) is 0. The molecule has 3 rings (SSSR count). The molecule has 5 heteroatoms. The summed E-state index contributed by atoms with van der Waals surface area (Å²) < 4.78 is 0. The van der Waals surface area contributed by atoms with E-state index < -0.39 is 11.5 Å². The molecule has 0 unspecified atom stereocenters. The summed E-state index contributed by atoms with van der Waals surface area (Å²) >= 11 is 5.95. The van der Waals surface area contributed by atoms with Crippen LogP contribution in [-0.2, 0) is 16.8 Å². The summed E-state index contributed by atoms with van der Waals surface area (Å²) in [5, 5.41) is 13.8. The van der Waals surface area contributed by atoms with Gasteiger partial charge in [-0.25, -0.2) is 0 Å². The first kappa shape index (κ1) is 15.7. The quantitative estimate of drug-likeness (QED) is 0.846. The Hall–Kier alpha value is -2.17. The van der Waals surface area contributed by atoms with Gasteiger partial charge in [0, 0.05) is 21.8 Å². The fourth-order valence-electron chi connectivity index (χ4n) is 2.75. The SMILES string of the molecule is CCc1ccc(C(=O)C[C@]2(O)C(=O)Nc3ccc(Cl)cc32)cc1. The summed E-state index contributed by atoms with van der Waals surface area (Å²) in [5.41, 5.74) is 0.528. The average Bonchev–Trinajstić information content (AvgIpc) is 2.79. The Kier molecular flexibility index (Phi) is 3.96. The number of hydrogen-bond acceptors (Lipinski definition) is 3. The van der Waals surface area contributed by atoms with Crippen LogP contribution >= 0.6 is 11.6 Å². The topological polar surface area (TPSA) is 66.4 Å². The molecule has 1 aliphatic heterocycles. The number of carbonyl (C=O) groups is 2. The van der Waals surface area contributed by atoms with E-state index in [2.05, 4.69) is 5.32 Å². The molecule has 0 saturated heterocycles. The molecule has 2 aromatic carbocycles. The molecule has 2 N–H and O–H groups in total. The summed E-state index contributed by atoms with van der Waals surface area (Å²) in [4.78, 5) is 24.6. The van der Waals surface area contributed by atoms with Gasteiger partial charge in [-0.3, -0.25) is 9.59 Å². The number of aliphatic hydroxyl groups is 1. The van der Waals surface area contributed by atoms with E-state index in [1.54, 1.807) is 24.3 Å². The largest absolute Gasteiger partial charge is 0.375 e. The number of rotatable bonds is 4. The first-order valence-electron chi connectivity index (χ1n) is 7.40. The summed E-state index contributed by atoms with van der Waals surface area (Å²) in [5.74, 6) is -0.897. The number of nitrogens with one attached hydrogen (secondary N) is 1. The Morgan fingerprint density at radius 3 is 2.57 bits per heavy atom. The lowest BCUT2D eigenvalue weighted by atomic mass is 9.88. The van der Waals surface area contributed by atoms with Crippen LogP contribution in [0.1, 0.15) is 34.8 Å². The highest BCUT2D eigenvalue weighted by Crippen LogP contribution is 2.40. The van der Waals surface area contributed by atoms with E-state index in [1.165, 1.54) is 6.07 Å². The van der Waals surface area contributed by atoms with E-state index in [0.717, 1.165) is 12.0 Å². The van der Waals surface area contributed by atoms with Crippen molar-refractivity contribution in [2.24, 2.45) is 0 Å². The van der Waals surface area contributed by atoms with Crippen LogP contribution in [0.5, 0.6) is 0 Å². The van der Waals surface area contributed by atoms with Gasteiger partial charge in [-0.2, -0.15) is 0 Å². The lowest BCUT2D eigenvalue weighted by Crippen LogP contribution is -2.36. The average molecular weight is 330 g/mol. The fraction of sp³-hybridized carbons (Fsp3) is 0.222. The van der Waals surface area contributed by atoms with Gasteiger partial charge in [0.25, 0.3) is 5.91 Å². The van der Waals surface area contributed by atoms with Crippen molar-refractivity contribution >= 4 is 29.0 Å². The Morgan fingerprint density at radius 1 is 1.22 bits per heavy atom. The normalized spacial score (nSPS) is 19.3. The van der Waals surface area contributed by atoms with Crippen LogP contribution in [0.3, 0.4) is 0 Å². The Bertz CT molecular complexity index is 785. The van der Waals surface area contributed by atoms with Crippen molar-refractivity contribution in [2.75, 3.05) is 5.32 Å². The molecule has 0 radical (unpaired) electrons. The number of aryl methyl sites for hydroxylation is 1. The predicted octanol–water partition coefficient (Wildman–Crippen LogP) is 3.32. The van der Waals surface area contributed by atoms with E-state index in [9.17, 15) is 14.7 Å². The Morgan fingerprint density at radius 2 is 1.91 bits per heavy atom. The zero-order valence-corrected chi connectivity index (χ0v) is 13.4. The predicted molar refractivity (Wildman–Crippen MR) is 88.7 cm³/mol. The van der Waals surface area contributed by atoms with Gasteiger partial charge in [0.15, 0.2) is 11.4 Å². The second-order valence-electron chi connectivity index (χ2n) is 5.65. The molecule has 1 atom stereocenters. The van der Waals surface area contributed by atoms with Crippen LogP contribution in [0, 0.1) is 0 Å². The smallest absolute Gasteiger partial charge is 0.261 e. The van der Waals surface area contributed by atoms with Crippen molar-refractivity contribution in [1.82, 2.24) is 0 Å². The zero-order chi connectivity index (χ0) is 16.6. The third-order valence-electron chi connectivity index (χ3n) is 4.15. The standard InChI is InChI=1S/C18H16ClNO3/c1-2-11-3-5-12(6-4-11)16(21)10-18(23)14-9-13(19)7-8-15(14)20-17(18)22/h3-9,23H,2,10H2,1H3,(H,20,22)/t18-/m1/s1. The number of fused-ring (bicyclic) bond motifs is 1. The van der Waals surface area contributed by atoms with Crippen LogP contribution in [0.25, 0.3) is 0 Å². The number of hydrogen-bond donors (Lipinski definition) is 2.